The van der Waals surface area contributed by atoms with Gasteiger partial charge in [-0.1, -0.05) is 53.3 Å². The summed E-state index contributed by atoms with van der Waals surface area (Å²) in [4.78, 5) is 27.1. The molecule has 3 rings (SSSR count). The van der Waals surface area contributed by atoms with Crippen LogP contribution in [0, 0.1) is 0 Å². The molecule has 8 heteroatoms. The molecule has 6 nitrogen and oxygen atoms in total. The summed E-state index contributed by atoms with van der Waals surface area (Å²) in [6, 6.07) is 14.3. The number of ether oxygens (including phenoxy) is 1. The van der Waals surface area contributed by atoms with E-state index in [2.05, 4.69) is 10.3 Å². The number of hydrogen-bond donors (Lipinski definition) is 2. The number of nitrogens with one attached hydrogen (secondary N) is 1. The second-order valence-corrected chi connectivity index (χ2v) is 6.71. The van der Waals surface area contributed by atoms with Gasteiger partial charge in [0.2, 0.25) is 0 Å². The smallest absolute Gasteiger partial charge is 0.347 e. The summed E-state index contributed by atoms with van der Waals surface area (Å²) in [7, 11) is 0. The molecule has 2 aromatic carbocycles. The highest BCUT2D eigenvalue weighted by Gasteiger charge is 2.14. The van der Waals surface area contributed by atoms with E-state index in [0.717, 1.165) is 16.9 Å². The third-order valence-corrected chi connectivity index (χ3v) is 4.44. The van der Waals surface area contributed by atoms with Crippen LogP contribution in [-0.4, -0.2) is 22.0 Å². The van der Waals surface area contributed by atoms with Crippen molar-refractivity contribution < 1.29 is 19.4 Å². The van der Waals surface area contributed by atoms with Crippen molar-refractivity contribution in [2.45, 2.75) is 6.61 Å². The van der Waals surface area contributed by atoms with E-state index in [1.54, 1.807) is 12.1 Å². The van der Waals surface area contributed by atoms with Crippen molar-refractivity contribution in [2.75, 3.05) is 5.32 Å². The van der Waals surface area contributed by atoms with Gasteiger partial charge < -0.3 is 9.84 Å². The number of thiazole rings is 1. The molecule has 0 aliphatic rings. The highest BCUT2D eigenvalue weighted by molar-refractivity contribution is 7.17. The molecule has 1 amide bonds. The monoisotopic (exact) mass is 388 g/mol. The molecule has 0 unspecified atom stereocenters. The van der Waals surface area contributed by atoms with Crippen LogP contribution in [0.5, 0.6) is 5.75 Å². The summed E-state index contributed by atoms with van der Waals surface area (Å²) in [5.41, 5.74) is 1.27. The van der Waals surface area contributed by atoms with Gasteiger partial charge in [0.1, 0.15) is 17.2 Å². The lowest BCUT2D eigenvalue weighted by molar-refractivity contribution is 0.0701. The van der Waals surface area contributed by atoms with Crippen molar-refractivity contribution in [3.63, 3.8) is 0 Å². The van der Waals surface area contributed by atoms with Crippen molar-refractivity contribution in [1.29, 1.82) is 0 Å². The Morgan fingerprint density at radius 1 is 1.19 bits per heavy atom. The number of carboxylic acid groups (broad SMARTS) is 1. The molecule has 0 saturated heterocycles. The van der Waals surface area contributed by atoms with Gasteiger partial charge in [0.05, 0.1) is 6.20 Å². The summed E-state index contributed by atoms with van der Waals surface area (Å²) < 4.78 is 5.69. The maximum absolute atomic E-state index is 12.4. The third-order valence-electron chi connectivity index (χ3n) is 3.32. The number of benzene rings is 2. The Balaban J connectivity index is 1.71. The van der Waals surface area contributed by atoms with Crippen molar-refractivity contribution in [3.8, 4) is 5.75 Å². The fourth-order valence-electron chi connectivity index (χ4n) is 2.12. The number of aromatic nitrogens is 1. The minimum absolute atomic E-state index is 0.0401. The number of aromatic carboxylic acids is 1. The molecule has 0 aliphatic carbocycles. The Morgan fingerprint density at radius 2 is 1.96 bits per heavy atom. The summed E-state index contributed by atoms with van der Waals surface area (Å²) in [6.45, 7) is 0.344. The van der Waals surface area contributed by atoms with Gasteiger partial charge in [-0.25, -0.2) is 9.78 Å². The molecule has 0 aliphatic heterocycles. The first-order chi connectivity index (χ1) is 12.5. The number of amides is 1. The molecule has 1 heterocycles. The molecule has 0 saturated carbocycles. The van der Waals surface area contributed by atoms with Crippen LogP contribution in [-0.2, 0) is 6.61 Å². The Morgan fingerprint density at radius 3 is 2.65 bits per heavy atom. The maximum Gasteiger partial charge on any atom is 0.347 e. The standard InChI is InChI=1S/C18H13ClN2O4S/c19-13-6-12(16(22)21-18-20-9-15(26-18)17(23)24)7-14(8-13)25-10-11-4-2-1-3-5-11/h1-9H,10H2,(H,23,24)(H,20,21,22). The van der Waals surface area contributed by atoms with Crippen molar-refractivity contribution >= 4 is 39.9 Å². The number of rotatable bonds is 6. The number of hydrogen-bond acceptors (Lipinski definition) is 5. The average molecular weight is 389 g/mol. The first-order valence-electron chi connectivity index (χ1n) is 7.49. The number of carboxylic acids is 1. The quantitative estimate of drug-likeness (QED) is 0.656. The van der Waals surface area contributed by atoms with Gasteiger partial charge in [-0.05, 0) is 23.8 Å². The number of halogens is 1. The van der Waals surface area contributed by atoms with Crippen LogP contribution in [0.3, 0.4) is 0 Å². The maximum atomic E-state index is 12.4. The summed E-state index contributed by atoms with van der Waals surface area (Å²) in [6.07, 6.45) is 1.19. The van der Waals surface area contributed by atoms with E-state index < -0.39 is 11.9 Å². The third kappa shape index (κ3) is 4.59. The predicted octanol–water partition coefficient (Wildman–Crippen LogP) is 4.33. The Hall–Kier alpha value is -2.90. The summed E-state index contributed by atoms with van der Waals surface area (Å²) in [5.74, 6) is -1.09. The van der Waals surface area contributed by atoms with Crippen molar-refractivity contribution in [1.82, 2.24) is 4.98 Å². The van der Waals surface area contributed by atoms with Crippen LogP contribution >= 0.6 is 22.9 Å². The molecule has 1 aromatic heterocycles. The zero-order chi connectivity index (χ0) is 18.5. The molecule has 0 spiro atoms. The average Bonchev–Trinajstić information content (AvgIpc) is 3.09. The molecular weight excluding hydrogens is 376 g/mol. The van der Waals surface area contributed by atoms with E-state index in [1.165, 1.54) is 12.3 Å². The second kappa shape index (κ2) is 7.99. The van der Waals surface area contributed by atoms with Crippen LogP contribution in [0.15, 0.2) is 54.7 Å². The number of anilines is 1. The number of carbonyl (C=O) groups is 2. The minimum Gasteiger partial charge on any atom is -0.489 e. The lowest BCUT2D eigenvalue weighted by Gasteiger charge is -2.09. The van der Waals surface area contributed by atoms with E-state index in [0.29, 0.717) is 17.4 Å². The molecular formula is C18H13ClN2O4S. The van der Waals surface area contributed by atoms with E-state index in [9.17, 15) is 9.59 Å². The van der Waals surface area contributed by atoms with E-state index >= 15 is 0 Å². The summed E-state index contributed by atoms with van der Waals surface area (Å²) in [5, 5.41) is 12.0. The van der Waals surface area contributed by atoms with Crippen LogP contribution in [0.25, 0.3) is 0 Å². The fourth-order valence-corrected chi connectivity index (χ4v) is 2.99. The SMILES string of the molecule is O=C(Nc1ncc(C(=O)O)s1)c1cc(Cl)cc(OCc2ccccc2)c1. The molecule has 132 valence electrons. The van der Waals surface area contributed by atoms with Gasteiger partial charge in [0.15, 0.2) is 5.13 Å². The molecule has 0 bridgehead atoms. The molecule has 0 atom stereocenters. The predicted molar refractivity (Wildman–Crippen MR) is 99.3 cm³/mol. The lowest BCUT2D eigenvalue weighted by atomic mass is 10.2. The normalized spacial score (nSPS) is 10.3. The van der Waals surface area contributed by atoms with Gasteiger partial charge in [0.25, 0.3) is 5.91 Å². The molecule has 26 heavy (non-hydrogen) atoms. The first kappa shape index (κ1) is 17.9. The zero-order valence-electron chi connectivity index (χ0n) is 13.3. The first-order valence-corrected chi connectivity index (χ1v) is 8.68. The number of nitrogens with zero attached hydrogens (tertiary/aromatic N) is 1. The van der Waals surface area contributed by atoms with Crippen LogP contribution in [0.1, 0.15) is 25.6 Å². The van der Waals surface area contributed by atoms with Gasteiger partial charge in [-0.3, -0.25) is 10.1 Å². The van der Waals surface area contributed by atoms with Crippen LogP contribution in [0.4, 0.5) is 5.13 Å². The zero-order valence-corrected chi connectivity index (χ0v) is 14.9. The molecule has 3 aromatic rings. The van der Waals surface area contributed by atoms with Crippen molar-refractivity contribution in [3.05, 3.63) is 75.8 Å². The van der Waals surface area contributed by atoms with Gasteiger partial charge in [0, 0.05) is 10.6 Å². The fraction of sp³-hybridized carbons (Fsp3) is 0.0556. The van der Waals surface area contributed by atoms with Crippen molar-refractivity contribution in [2.24, 2.45) is 0 Å². The molecule has 2 N–H and O–H groups in total. The van der Waals surface area contributed by atoms with Gasteiger partial charge in [-0.15, -0.1) is 0 Å². The highest BCUT2D eigenvalue weighted by Crippen LogP contribution is 2.24. The van der Waals surface area contributed by atoms with E-state index in [-0.39, 0.29) is 15.6 Å². The minimum atomic E-state index is -1.10. The highest BCUT2D eigenvalue weighted by atomic mass is 35.5. The van der Waals surface area contributed by atoms with Crippen LogP contribution in [0.2, 0.25) is 5.02 Å². The Labute approximate surface area is 158 Å². The summed E-state index contributed by atoms with van der Waals surface area (Å²) >= 11 is 6.95. The van der Waals surface area contributed by atoms with E-state index in [1.807, 2.05) is 30.3 Å². The van der Waals surface area contributed by atoms with E-state index in [4.69, 9.17) is 21.4 Å². The number of carbonyl (C=O) groups excluding carboxylic acids is 1. The lowest BCUT2D eigenvalue weighted by Crippen LogP contribution is -2.12. The Bertz CT molecular complexity index is 943. The molecule has 0 fully saturated rings. The topological polar surface area (TPSA) is 88.5 Å². The Kier molecular flexibility index (Phi) is 5.50. The van der Waals surface area contributed by atoms with Crippen LogP contribution < -0.4 is 10.1 Å². The second-order valence-electron chi connectivity index (χ2n) is 5.24. The van der Waals surface area contributed by atoms with Gasteiger partial charge in [-0.2, -0.15) is 0 Å². The molecule has 0 radical (unpaired) electrons. The largest absolute Gasteiger partial charge is 0.489 e. The van der Waals surface area contributed by atoms with Gasteiger partial charge >= 0.3 is 5.97 Å².